The first-order chi connectivity index (χ1) is 14.1. The van der Waals surface area contributed by atoms with Gasteiger partial charge in [-0.05, 0) is 54.6 Å². The molecule has 4 aromatic rings. The summed E-state index contributed by atoms with van der Waals surface area (Å²) in [5, 5.41) is 3.42. The Bertz CT molecular complexity index is 1160. The first-order valence-electron chi connectivity index (χ1n) is 8.94. The van der Waals surface area contributed by atoms with E-state index in [0.717, 1.165) is 22.3 Å². The number of nitrogens with one attached hydrogen (secondary N) is 2. The molecule has 7 heteroatoms. The normalized spacial score (nSPS) is 10.7. The molecular formula is C22H18ClN3O3. The van der Waals surface area contributed by atoms with Crippen LogP contribution < -0.4 is 14.8 Å². The molecule has 0 aliphatic carbocycles. The highest BCUT2D eigenvalue weighted by molar-refractivity contribution is 6.31. The molecule has 1 heterocycles. The van der Waals surface area contributed by atoms with Crippen molar-refractivity contribution in [3.63, 3.8) is 0 Å². The van der Waals surface area contributed by atoms with Gasteiger partial charge in [-0.25, -0.2) is 4.98 Å². The number of halogens is 1. The zero-order valence-electron chi connectivity index (χ0n) is 15.6. The highest BCUT2D eigenvalue weighted by Gasteiger charge is 2.12. The van der Waals surface area contributed by atoms with Crippen LogP contribution in [0.3, 0.4) is 0 Å². The molecule has 6 nitrogen and oxygen atoms in total. The van der Waals surface area contributed by atoms with Crippen LogP contribution in [-0.2, 0) is 4.79 Å². The van der Waals surface area contributed by atoms with E-state index >= 15 is 0 Å². The lowest BCUT2D eigenvalue weighted by molar-refractivity contribution is -0.118. The van der Waals surface area contributed by atoms with E-state index in [4.69, 9.17) is 21.1 Å². The Balaban J connectivity index is 1.48. The molecule has 29 heavy (non-hydrogen) atoms. The van der Waals surface area contributed by atoms with Crippen LogP contribution >= 0.6 is 11.6 Å². The number of imidazole rings is 1. The second kappa shape index (κ2) is 8.24. The number of rotatable bonds is 6. The molecule has 0 saturated heterocycles. The molecule has 1 amide bonds. The molecule has 0 spiro atoms. The third-order valence-electron chi connectivity index (χ3n) is 4.32. The van der Waals surface area contributed by atoms with Gasteiger partial charge in [0.05, 0.1) is 23.7 Å². The minimum Gasteiger partial charge on any atom is -0.497 e. The number of aromatic amines is 1. The van der Waals surface area contributed by atoms with Crippen molar-refractivity contribution in [2.75, 3.05) is 19.0 Å². The molecule has 1 aromatic heterocycles. The van der Waals surface area contributed by atoms with Gasteiger partial charge in [0.2, 0.25) is 0 Å². The number of benzene rings is 3. The van der Waals surface area contributed by atoms with Crippen molar-refractivity contribution in [3.8, 4) is 22.9 Å². The van der Waals surface area contributed by atoms with Crippen molar-refractivity contribution in [2.45, 2.75) is 0 Å². The molecular weight excluding hydrogens is 390 g/mol. The Hall–Kier alpha value is -3.51. The number of anilines is 1. The molecule has 0 aliphatic heterocycles. The smallest absolute Gasteiger partial charge is 0.262 e. The summed E-state index contributed by atoms with van der Waals surface area (Å²) < 4.78 is 10.9. The van der Waals surface area contributed by atoms with Crippen molar-refractivity contribution in [1.29, 1.82) is 0 Å². The molecule has 0 unspecified atom stereocenters. The Kier molecular flexibility index (Phi) is 5.35. The van der Waals surface area contributed by atoms with E-state index in [2.05, 4.69) is 15.3 Å². The monoisotopic (exact) mass is 407 g/mol. The number of aromatic nitrogens is 2. The number of carbonyl (C=O) groups excluding carboxylic acids is 1. The molecule has 0 bridgehead atoms. The Morgan fingerprint density at radius 1 is 1.10 bits per heavy atom. The molecule has 146 valence electrons. The second-order valence-electron chi connectivity index (χ2n) is 6.31. The van der Waals surface area contributed by atoms with E-state index in [1.54, 1.807) is 43.5 Å². The third-order valence-corrected chi connectivity index (χ3v) is 4.55. The number of nitrogens with zero attached hydrogens (tertiary/aromatic N) is 1. The third kappa shape index (κ3) is 4.33. The van der Waals surface area contributed by atoms with Crippen molar-refractivity contribution >= 4 is 34.2 Å². The standard InChI is InChI=1S/C22H18ClN3O3/c1-28-16-9-7-15(8-10-16)24-21(27)13-29-20-5-3-2-4-17(20)22-25-18-11-6-14(23)12-19(18)26-22/h2-12H,13H2,1H3,(H,24,27)(H,25,26). The van der Waals surface area contributed by atoms with Crippen LogP contribution in [0, 0.1) is 0 Å². The zero-order chi connectivity index (χ0) is 20.2. The van der Waals surface area contributed by atoms with Gasteiger partial charge in [0.1, 0.15) is 17.3 Å². The number of carbonyl (C=O) groups is 1. The number of para-hydroxylation sites is 1. The first kappa shape index (κ1) is 18.8. The Morgan fingerprint density at radius 3 is 2.69 bits per heavy atom. The van der Waals surface area contributed by atoms with Crippen LogP contribution in [0.5, 0.6) is 11.5 Å². The molecule has 4 rings (SSSR count). The van der Waals surface area contributed by atoms with Gasteiger partial charge >= 0.3 is 0 Å². The van der Waals surface area contributed by atoms with Crippen LogP contribution in [0.2, 0.25) is 5.02 Å². The van der Waals surface area contributed by atoms with Crippen LogP contribution in [0.25, 0.3) is 22.4 Å². The fourth-order valence-corrected chi connectivity index (χ4v) is 3.08. The van der Waals surface area contributed by atoms with Gasteiger partial charge < -0.3 is 19.8 Å². The van der Waals surface area contributed by atoms with Crippen molar-refractivity contribution in [2.24, 2.45) is 0 Å². The maximum Gasteiger partial charge on any atom is 0.262 e. The second-order valence-corrected chi connectivity index (χ2v) is 6.74. The summed E-state index contributed by atoms with van der Waals surface area (Å²) in [6.45, 7) is -0.130. The SMILES string of the molecule is COc1ccc(NC(=O)COc2ccccc2-c2nc3ccc(Cl)cc3[nH]2)cc1. The first-order valence-corrected chi connectivity index (χ1v) is 9.31. The van der Waals surface area contributed by atoms with Crippen molar-refractivity contribution in [1.82, 2.24) is 9.97 Å². The highest BCUT2D eigenvalue weighted by atomic mass is 35.5. The molecule has 0 radical (unpaired) electrons. The van der Waals surface area contributed by atoms with Gasteiger partial charge in [-0.15, -0.1) is 0 Å². The number of amides is 1. The lowest BCUT2D eigenvalue weighted by atomic mass is 10.2. The summed E-state index contributed by atoms with van der Waals surface area (Å²) in [7, 11) is 1.59. The number of ether oxygens (including phenoxy) is 2. The molecule has 2 N–H and O–H groups in total. The number of H-pyrrole nitrogens is 1. The maximum absolute atomic E-state index is 12.3. The van der Waals surface area contributed by atoms with E-state index in [0.29, 0.717) is 22.3 Å². The Labute approximate surface area is 172 Å². The van der Waals surface area contributed by atoms with Gasteiger partial charge in [-0.1, -0.05) is 23.7 Å². The van der Waals surface area contributed by atoms with Gasteiger partial charge in [0.15, 0.2) is 6.61 Å². The number of methoxy groups -OCH3 is 1. The fraction of sp³-hybridized carbons (Fsp3) is 0.0909. The fourth-order valence-electron chi connectivity index (χ4n) is 2.91. The number of fused-ring (bicyclic) bond motifs is 1. The van der Waals surface area contributed by atoms with Gasteiger partial charge in [-0.2, -0.15) is 0 Å². The van der Waals surface area contributed by atoms with Gasteiger partial charge in [-0.3, -0.25) is 4.79 Å². The van der Waals surface area contributed by atoms with Crippen LogP contribution in [0.15, 0.2) is 66.7 Å². The largest absolute Gasteiger partial charge is 0.497 e. The summed E-state index contributed by atoms with van der Waals surface area (Å²) in [6, 6.07) is 20.0. The quantitative estimate of drug-likeness (QED) is 0.476. The molecule has 0 aliphatic rings. The van der Waals surface area contributed by atoms with E-state index in [-0.39, 0.29) is 12.5 Å². The molecule has 0 fully saturated rings. The minimum absolute atomic E-state index is 0.130. The summed E-state index contributed by atoms with van der Waals surface area (Å²) in [5.41, 5.74) is 3.06. The average Bonchev–Trinajstić information content (AvgIpc) is 3.16. The molecule has 0 atom stereocenters. The van der Waals surface area contributed by atoms with Crippen molar-refractivity contribution in [3.05, 3.63) is 71.8 Å². The van der Waals surface area contributed by atoms with Crippen LogP contribution in [0.1, 0.15) is 0 Å². The summed E-state index contributed by atoms with van der Waals surface area (Å²) in [6.07, 6.45) is 0. The average molecular weight is 408 g/mol. The number of hydrogen-bond acceptors (Lipinski definition) is 4. The van der Waals surface area contributed by atoms with E-state index < -0.39 is 0 Å². The summed E-state index contributed by atoms with van der Waals surface area (Å²) in [5.74, 6) is 1.66. The predicted octanol–water partition coefficient (Wildman–Crippen LogP) is 4.91. The molecule has 3 aromatic carbocycles. The lowest BCUT2D eigenvalue weighted by Crippen LogP contribution is -2.20. The summed E-state index contributed by atoms with van der Waals surface area (Å²) in [4.78, 5) is 20.1. The van der Waals surface area contributed by atoms with Crippen molar-refractivity contribution < 1.29 is 14.3 Å². The van der Waals surface area contributed by atoms with E-state index in [1.807, 2.05) is 30.3 Å². The number of hydrogen-bond donors (Lipinski definition) is 2. The minimum atomic E-state index is -0.263. The molecule has 0 saturated carbocycles. The summed E-state index contributed by atoms with van der Waals surface area (Å²) >= 11 is 6.05. The topological polar surface area (TPSA) is 76.2 Å². The van der Waals surface area contributed by atoms with Crippen LogP contribution in [-0.4, -0.2) is 29.6 Å². The van der Waals surface area contributed by atoms with Crippen LogP contribution in [0.4, 0.5) is 5.69 Å². The zero-order valence-corrected chi connectivity index (χ0v) is 16.4. The lowest BCUT2D eigenvalue weighted by Gasteiger charge is -2.10. The van der Waals surface area contributed by atoms with E-state index in [1.165, 1.54) is 0 Å². The van der Waals surface area contributed by atoms with Gasteiger partial charge in [0.25, 0.3) is 5.91 Å². The van der Waals surface area contributed by atoms with Gasteiger partial charge in [0, 0.05) is 10.7 Å². The highest BCUT2D eigenvalue weighted by Crippen LogP contribution is 2.30. The van der Waals surface area contributed by atoms with E-state index in [9.17, 15) is 4.79 Å². The Morgan fingerprint density at radius 2 is 1.90 bits per heavy atom. The maximum atomic E-state index is 12.3. The predicted molar refractivity (Wildman–Crippen MR) is 114 cm³/mol.